The van der Waals surface area contributed by atoms with E-state index in [2.05, 4.69) is 18.3 Å². The van der Waals surface area contributed by atoms with E-state index in [1.165, 1.54) is 21.2 Å². The van der Waals surface area contributed by atoms with Crippen molar-refractivity contribution in [2.75, 3.05) is 31.5 Å². The van der Waals surface area contributed by atoms with E-state index in [4.69, 9.17) is 12.2 Å². The van der Waals surface area contributed by atoms with Crippen LogP contribution in [0.2, 0.25) is 0 Å². The Morgan fingerprint density at radius 2 is 1.88 bits per heavy atom. The van der Waals surface area contributed by atoms with Crippen LogP contribution in [0.4, 0.5) is 5.69 Å². The zero-order valence-corrected chi connectivity index (χ0v) is 16.5. The number of nitrogens with zero attached hydrogens (tertiary/aromatic N) is 2. The fraction of sp³-hybridized carbons (Fsp3) is 0.353. The summed E-state index contributed by atoms with van der Waals surface area (Å²) < 4.78 is 27.1. The summed E-state index contributed by atoms with van der Waals surface area (Å²) in [5, 5.41) is 5.74. The second kappa shape index (κ2) is 7.82. The van der Waals surface area contributed by atoms with Gasteiger partial charge in [-0.05, 0) is 41.7 Å². The molecule has 1 aliphatic rings. The molecule has 1 aromatic heterocycles. The molecule has 3 rings (SSSR count). The maximum atomic E-state index is 12.6. The van der Waals surface area contributed by atoms with E-state index < -0.39 is 10.0 Å². The van der Waals surface area contributed by atoms with Crippen LogP contribution in [0.3, 0.4) is 0 Å². The normalized spacial score (nSPS) is 16.0. The first-order valence-electron chi connectivity index (χ1n) is 8.20. The molecule has 1 saturated heterocycles. The van der Waals surface area contributed by atoms with E-state index in [-0.39, 0.29) is 0 Å². The Bertz CT molecular complexity index is 827. The van der Waals surface area contributed by atoms with Gasteiger partial charge in [0.05, 0.1) is 0 Å². The van der Waals surface area contributed by atoms with Gasteiger partial charge >= 0.3 is 0 Å². The number of benzene rings is 1. The van der Waals surface area contributed by atoms with Crippen molar-refractivity contribution in [3.05, 3.63) is 47.3 Å². The highest BCUT2D eigenvalue weighted by Gasteiger charge is 2.29. The Morgan fingerprint density at radius 3 is 2.52 bits per heavy atom. The van der Waals surface area contributed by atoms with Crippen molar-refractivity contribution in [1.82, 2.24) is 9.21 Å². The van der Waals surface area contributed by atoms with Gasteiger partial charge in [-0.1, -0.05) is 31.2 Å². The van der Waals surface area contributed by atoms with E-state index in [0.717, 1.165) is 12.1 Å². The summed E-state index contributed by atoms with van der Waals surface area (Å²) in [5.41, 5.74) is 2.23. The first-order valence-corrected chi connectivity index (χ1v) is 10.9. The maximum Gasteiger partial charge on any atom is 0.252 e. The Morgan fingerprint density at radius 1 is 1.16 bits per heavy atom. The van der Waals surface area contributed by atoms with Crippen molar-refractivity contribution in [1.29, 1.82) is 0 Å². The van der Waals surface area contributed by atoms with Crippen molar-refractivity contribution < 1.29 is 8.42 Å². The average Bonchev–Trinajstić information content (AvgIpc) is 3.18. The monoisotopic (exact) mass is 395 g/mol. The summed E-state index contributed by atoms with van der Waals surface area (Å²) in [6, 6.07) is 11.5. The lowest BCUT2D eigenvalue weighted by molar-refractivity contribution is 0.269. The average molecular weight is 396 g/mol. The van der Waals surface area contributed by atoms with Crippen LogP contribution in [0.25, 0.3) is 0 Å². The van der Waals surface area contributed by atoms with Crippen LogP contribution in [-0.2, 0) is 16.4 Å². The number of nitrogens with one attached hydrogen (secondary N) is 1. The number of hydrogen-bond acceptors (Lipinski definition) is 4. The minimum absolute atomic E-state index is 0.401. The summed E-state index contributed by atoms with van der Waals surface area (Å²) >= 11 is 6.78. The van der Waals surface area contributed by atoms with Crippen LogP contribution in [0, 0.1) is 0 Å². The Kier molecular flexibility index (Phi) is 5.73. The van der Waals surface area contributed by atoms with Crippen molar-refractivity contribution in [2.24, 2.45) is 0 Å². The molecule has 0 saturated carbocycles. The summed E-state index contributed by atoms with van der Waals surface area (Å²) in [4.78, 5) is 2.03. The van der Waals surface area contributed by atoms with Crippen molar-refractivity contribution >= 4 is 44.4 Å². The molecule has 0 aliphatic carbocycles. The molecule has 0 atom stereocenters. The second-order valence-corrected chi connectivity index (χ2v) is 9.26. The first kappa shape index (κ1) is 18.3. The smallest absolute Gasteiger partial charge is 0.252 e. The summed E-state index contributed by atoms with van der Waals surface area (Å²) in [6.07, 6.45) is 0.929. The molecule has 1 fully saturated rings. The Balaban J connectivity index is 1.61. The zero-order chi connectivity index (χ0) is 17.9. The molecule has 25 heavy (non-hydrogen) atoms. The molecule has 0 spiro atoms. The topological polar surface area (TPSA) is 52.6 Å². The maximum absolute atomic E-state index is 12.6. The van der Waals surface area contributed by atoms with Crippen LogP contribution in [0.1, 0.15) is 12.5 Å². The predicted octanol–water partition coefficient (Wildman–Crippen LogP) is 3.01. The van der Waals surface area contributed by atoms with E-state index in [1.54, 1.807) is 17.5 Å². The van der Waals surface area contributed by atoms with Crippen LogP contribution in [0.5, 0.6) is 0 Å². The van der Waals surface area contributed by atoms with Gasteiger partial charge in [-0.2, -0.15) is 4.31 Å². The molecule has 2 aromatic rings. The number of anilines is 1. The summed E-state index contributed by atoms with van der Waals surface area (Å²) in [5.74, 6) is 0. The molecule has 134 valence electrons. The van der Waals surface area contributed by atoms with Gasteiger partial charge in [-0.15, -0.1) is 11.3 Å². The number of rotatable bonds is 4. The van der Waals surface area contributed by atoms with E-state index in [1.807, 2.05) is 23.1 Å². The fourth-order valence-corrected chi connectivity index (χ4v) is 5.67. The Labute approximate surface area is 158 Å². The van der Waals surface area contributed by atoms with Gasteiger partial charge in [0, 0.05) is 31.9 Å². The van der Waals surface area contributed by atoms with Crippen LogP contribution < -0.4 is 5.32 Å². The minimum Gasteiger partial charge on any atom is -0.346 e. The highest BCUT2D eigenvalue weighted by atomic mass is 32.2. The molecular weight excluding hydrogens is 374 g/mol. The number of thiophene rings is 1. The number of para-hydroxylation sites is 1. The van der Waals surface area contributed by atoms with E-state index in [0.29, 0.717) is 35.5 Å². The van der Waals surface area contributed by atoms with Gasteiger partial charge in [0.15, 0.2) is 5.11 Å². The van der Waals surface area contributed by atoms with Crippen molar-refractivity contribution in [3.63, 3.8) is 0 Å². The third-order valence-corrected chi connectivity index (χ3v) is 7.89. The van der Waals surface area contributed by atoms with Gasteiger partial charge < -0.3 is 10.2 Å². The SMILES string of the molecule is CCc1ccccc1NC(=S)N1CCN(S(=O)(=O)c2cccs2)CC1. The summed E-state index contributed by atoms with van der Waals surface area (Å²) in [6.45, 7) is 4.17. The lowest BCUT2D eigenvalue weighted by Crippen LogP contribution is -2.51. The quantitative estimate of drug-likeness (QED) is 0.807. The molecule has 1 N–H and O–H groups in total. The van der Waals surface area contributed by atoms with Gasteiger partial charge in [-0.3, -0.25) is 0 Å². The highest BCUT2D eigenvalue weighted by molar-refractivity contribution is 7.91. The largest absolute Gasteiger partial charge is 0.346 e. The van der Waals surface area contributed by atoms with Gasteiger partial charge in [0.2, 0.25) is 0 Å². The zero-order valence-electron chi connectivity index (χ0n) is 14.0. The minimum atomic E-state index is -3.38. The third-order valence-electron chi connectivity index (χ3n) is 4.25. The van der Waals surface area contributed by atoms with Crippen LogP contribution in [0.15, 0.2) is 46.0 Å². The Hall–Kier alpha value is -1.48. The number of thiocarbonyl (C=S) groups is 1. The fourth-order valence-electron chi connectivity index (χ4n) is 2.81. The molecule has 0 bridgehead atoms. The first-order chi connectivity index (χ1) is 12.0. The molecule has 1 aromatic carbocycles. The lowest BCUT2D eigenvalue weighted by atomic mass is 10.1. The molecule has 5 nitrogen and oxygen atoms in total. The molecular formula is C17H21N3O2S3. The van der Waals surface area contributed by atoms with Crippen LogP contribution in [-0.4, -0.2) is 48.9 Å². The van der Waals surface area contributed by atoms with Gasteiger partial charge in [0.1, 0.15) is 4.21 Å². The number of piperazine rings is 1. The lowest BCUT2D eigenvalue weighted by Gasteiger charge is -2.35. The highest BCUT2D eigenvalue weighted by Crippen LogP contribution is 2.22. The van der Waals surface area contributed by atoms with Gasteiger partial charge in [-0.25, -0.2) is 8.42 Å². The molecule has 1 aliphatic heterocycles. The standard InChI is InChI=1S/C17H21N3O2S3/c1-2-14-6-3-4-7-15(14)18-17(23)19-9-11-20(12-10-19)25(21,22)16-8-5-13-24-16/h3-8,13H,2,9-12H2,1H3,(H,18,23). The summed E-state index contributed by atoms with van der Waals surface area (Å²) in [7, 11) is -3.38. The van der Waals surface area contributed by atoms with Gasteiger partial charge in [0.25, 0.3) is 10.0 Å². The second-order valence-electron chi connectivity index (χ2n) is 5.76. The molecule has 2 heterocycles. The molecule has 8 heteroatoms. The van der Waals surface area contributed by atoms with E-state index >= 15 is 0 Å². The molecule has 0 radical (unpaired) electrons. The van der Waals surface area contributed by atoms with Crippen molar-refractivity contribution in [2.45, 2.75) is 17.6 Å². The van der Waals surface area contributed by atoms with E-state index in [9.17, 15) is 8.42 Å². The van der Waals surface area contributed by atoms with Crippen LogP contribution >= 0.6 is 23.6 Å². The predicted molar refractivity (Wildman–Crippen MR) is 107 cm³/mol. The number of sulfonamides is 1. The number of hydrogen-bond donors (Lipinski definition) is 1. The molecule has 0 unspecified atom stereocenters. The van der Waals surface area contributed by atoms with Crippen molar-refractivity contribution in [3.8, 4) is 0 Å². The third kappa shape index (κ3) is 4.03. The number of aryl methyl sites for hydroxylation is 1. The molecule has 0 amide bonds.